The Morgan fingerprint density at radius 3 is 1.35 bits per heavy atom. The van der Waals surface area contributed by atoms with Crippen LogP contribution in [-0.2, 0) is 51.1 Å². The summed E-state index contributed by atoms with van der Waals surface area (Å²) in [6.07, 6.45) is 31.2. The van der Waals surface area contributed by atoms with Gasteiger partial charge >= 0.3 is 11.9 Å². The maximum Gasteiger partial charge on any atom is 0.306 e. The van der Waals surface area contributed by atoms with E-state index in [1.807, 2.05) is 4.68 Å². The number of piperazine rings is 1. The van der Waals surface area contributed by atoms with Gasteiger partial charge in [0.1, 0.15) is 12.2 Å². The number of unbranched alkanes of at least 4 members (excludes halogenated alkanes) is 20. The van der Waals surface area contributed by atoms with Gasteiger partial charge in [0.2, 0.25) is 0 Å². The number of nitrogens with zero attached hydrogens (tertiary/aromatic N) is 5. The van der Waals surface area contributed by atoms with Gasteiger partial charge in [-0.15, -0.1) is 5.10 Å². The third-order valence-corrected chi connectivity index (χ3v) is 12.9. The van der Waals surface area contributed by atoms with Gasteiger partial charge in [0, 0.05) is 84.7 Å². The minimum Gasteiger partial charge on any atom is -0.457 e. The third kappa shape index (κ3) is 38.1. The van der Waals surface area contributed by atoms with E-state index < -0.39 is 0 Å². The summed E-state index contributed by atoms with van der Waals surface area (Å²) >= 11 is 0. The lowest BCUT2D eigenvalue weighted by Gasteiger charge is -2.26. The Morgan fingerprint density at radius 1 is 0.536 bits per heavy atom. The minimum atomic E-state index is -0.345. The summed E-state index contributed by atoms with van der Waals surface area (Å²) in [4.78, 5) is 30.8. The first-order valence-electron chi connectivity index (χ1n) is 28.7. The van der Waals surface area contributed by atoms with Crippen LogP contribution in [0.2, 0.25) is 0 Å². The van der Waals surface area contributed by atoms with Crippen molar-refractivity contribution < 1.29 is 38.0 Å². The summed E-state index contributed by atoms with van der Waals surface area (Å²) in [5.74, 6) is -0.291. The summed E-state index contributed by atoms with van der Waals surface area (Å²) in [5.41, 5.74) is 1.02. The molecule has 0 aliphatic carbocycles. The lowest BCUT2D eigenvalue weighted by Crippen LogP contribution is -2.44. The highest BCUT2D eigenvalue weighted by atomic mass is 16.6. The summed E-state index contributed by atoms with van der Waals surface area (Å²) in [6, 6.07) is 0. The highest BCUT2D eigenvalue weighted by Crippen LogP contribution is 2.14. The van der Waals surface area contributed by atoms with Gasteiger partial charge < -0.3 is 33.7 Å². The van der Waals surface area contributed by atoms with Crippen LogP contribution in [0.5, 0.6) is 0 Å². The molecule has 2 heterocycles. The molecule has 14 nitrogen and oxygen atoms in total. The van der Waals surface area contributed by atoms with E-state index in [1.54, 1.807) is 0 Å². The zero-order valence-electron chi connectivity index (χ0n) is 45.1. The van der Waals surface area contributed by atoms with E-state index in [0.29, 0.717) is 65.7 Å². The number of carbonyl (C=O) groups excluding carboxylic acids is 2. The SMILES string of the molecule is CCCCCCOCC(COCCCCCC)OC(=O)CCCCCCCN(CCCCCCCC(=O)OC(COCCCCCC)COCCCCCC)Cc1cn(CCN2CCNCC2)nn1. The largest absolute Gasteiger partial charge is 0.457 e. The Labute approximate surface area is 422 Å². The fraction of sp³-hybridized carbons (Fsp3) is 0.927. The van der Waals surface area contributed by atoms with E-state index in [1.165, 1.54) is 77.0 Å². The second-order valence-electron chi connectivity index (χ2n) is 19.6. The Hall–Kier alpha value is -2.20. The normalized spacial score (nSPS) is 13.4. The molecule has 14 heteroatoms. The number of nitrogens with one attached hydrogen (secondary N) is 1. The Morgan fingerprint density at radius 2 is 0.928 bits per heavy atom. The predicted octanol–water partition coefficient (Wildman–Crippen LogP) is 10.9. The van der Waals surface area contributed by atoms with Crippen molar-refractivity contribution in [1.82, 2.24) is 30.1 Å². The molecule has 0 aromatic carbocycles. The number of aromatic nitrogens is 3. The predicted molar refractivity (Wildman–Crippen MR) is 280 cm³/mol. The maximum atomic E-state index is 12.9. The van der Waals surface area contributed by atoms with Crippen LogP contribution in [0.25, 0.3) is 0 Å². The third-order valence-electron chi connectivity index (χ3n) is 12.9. The van der Waals surface area contributed by atoms with Crippen LogP contribution in [-0.4, -0.2) is 148 Å². The lowest BCUT2D eigenvalue weighted by molar-refractivity contribution is -0.157. The number of hydrogen-bond acceptors (Lipinski definition) is 13. The summed E-state index contributed by atoms with van der Waals surface area (Å²) in [6.45, 7) is 22.2. The smallest absolute Gasteiger partial charge is 0.306 e. The molecule has 1 saturated heterocycles. The number of carbonyl (C=O) groups is 2. The first kappa shape index (κ1) is 62.9. The highest BCUT2D eigenvalue weighted by molar-refractivity contribution is 5.69. The van der Waals surface area contributed by atoms with E-state index >= 15 is 0 Å². The molecule has 1 aliphatic heterocycles. The first-order valence-corrected chi connectivity index (χ1v) is 28.7. The van der Waals surface area contributed by atoms with Crippen LogP contribution in [0.3, 0.4) is 0 Å². The fourth-order valence-electron chi connectivity index (χ4n) is 8.57. The van der Waals surface area contributed by atoms with E-state index in [4.69, 9.17) is 28.4 Å². The van der Waals surface area contributed by atoms with Gasteiger partial charge in [-0.3, -0.25) is 24.1 Å². The van der Waals surface area contributed by atoms with Crippen LogP contribution >= 0.6 is 0 Å². The molecule has 69 heavy (non-hydrogen) atoms. The minimum absolute atomic E-state index is 0.146. The first-order chi connectivity index (χ1) is 34.0. The quantitative estimate of drug-likeness (QED) is 0.0490. The molecule has 1 N–H and O–H groups in total. The van der Waals surface area contributed by atoms with Gasteiger partial charge in [-0.1, -0.05) is 148 Å². The molecule has 2 rings (SSSR count). The molecule has 0 unspecified atom stereocenters. The number of esters is 2. The highest BCUT2D eigenvalue weighted by Gasteiger charge is 2.18. The molecule has 1 aromatic rings. The Kier molecular flexibility index (Phi) is 42.7. The standard InChI is InChI=1S/C55H106N6O8/c1-5-9-13-27-41-64-47-52(48-65-42-28-14-10-6-2)68-54(62)31-23-19-17-21-25-35-60(45-51-46-61(58-57-51)40-39-59-37-33-56-34-38-59)36-26-22-18-20-24-32-55(63)69-53(49-66-43-29-15-11-7-3)50-67-44-30-16-12-8-4/h46,52-53,56H,5-45,47-50H2,1-4H3. The maximum absolute atomic E-state index is 12.9. The second kappa shape index (κ2) is 46.8. The van der Waals surface area contributed by atoms with Crippen molar-refractivity contribution in [1.29, 1.82) is 0 Å². The van der Waals surface area contributed by atoms with Crippen molar-refractivity contribution in [3.63, 3.8) is 0 Å². The van der Waals surface area contributed by atoms with Gasteiger partial charge in [-0.2, -0.15) is 0 Å². The van der Waals surface area contributed by atoms with Crippen LogP contribution in [0.4, 0.5) is 0 Å². The van der Waals surface area contributed by atoms with Crippen molar-refractivity contribution >= 4 is 11.9 Å². The van der Waals surface area contributed by atoms with E-state index in [9.17, 15) is 9.59 Å². The van der Waals surface area contributed by atoms with Crippen molar-refractivity contribution in [2.75, 3.05) is 98.7 Å². The van der Waals surface area contributed by atoms with Gasteiger partial charge in [0.05, 0.1) is 38.7 Å². The molecule has 1 aliphatic rings. The molecular formula is C55H106N6O8. The zero-order valence-corrected chi connectivity index (χ0v) is 45.1. The molecular weight excluding hydrogens is 873 g/mol. The van der Waals surface area contributed by atoms with Crippen molar-refractivity contribution in [3.8, 4) is 0 Å². The van der Waals surface area contributed by atoms with E-state index in [2.05, 4.69) is 59.3 Å². The van der Waals surface area contributed by atoms with Crippen molar-refractivity contribution in [3.05, 3.63) is 11.9 Å². The Balaban J connectivity index is 1.76. The van der Waals surface area contributed by atoms with Crippen LogP contribution < -0.4 is 5.32 Å². The average molecular weight is 979 g/mol. The molecule has 0 radical (unpaired) electrons. The molecule has 0 atom stereocenters. The van der Waals surface area contributed by atoms with Gasteiger partial charge in [-0.25, -0.2) is 0 Å². The molecule has 0 amide bonds. The fourth-order valence-corrected chi connectivity index (χ4v) is 8.57. The van der Waals surface area contributed by atoms with Gasteiger partial charge in [0.25, 0.3) is 0 Å². The summed E-state index contributed by atoms with van der Waals surface area (Å²) in [5, 5.41) is 12.5. The van der Waals surface area contributed by atoms with Crippen molar-refractivity contribution in [2.45, 2.75) is 233 Å². The topological polar surface area (TPSA) is 139 Å². The number of ether oxygens (including phenoxy) is 6. The monoisotopic (exact) mass is 979 g/mol. The molecule has 1 aromatic heterocycles. The van der Waals surface area contributed by atoms with E-state index in [0.717, 1.165) is 154 Å². The second-order valence-corrected chi connectivity index (χ2v) is 19.6. The Bertz CT molecular complexity index is 1190. The van der Waals surface area contributed by atoms with Crippen LogP contribution in [0, 0.1) is 0 Å². The molecule has 404 valence electrons. The van der Waals surface area contributed by atoms with Crippen LogP contribution in [0.1, 0.15) is 213 Å². The average Bonchev–Trinajstić information content (AvgIpc) is 3.81. The summed E-state index contributed by atoms with van der Waals surface area (Å²) < 4.78 is 37.4. The summed E-state index contributed by atoms with van der Waals surface area (Å²) in [7, 11) is 0. The van der Waals surface area contributed by atoms with Crippen molar-refractivity contribution in [2.24, 2.45) is 0 Å². The number of rotatable bonds is 51. The lowest BCUT2D eigenvalue weighted by atomic mass is 10.1. The number of hydrogen-bond donors (Lipinski definition) is 1. The molecule has 1 fully saturated rings. The van der Waals surface area contributed by atoms with Gasteiger partial charge in [-0.05, 0) is 64.5 Å². The molecule has 0 bridgehead atoms. The van der Waals surface area contributed by atoms with Crippen LogP contribution in [0.15, 0.2) is 6.20 Å². The molecule has 0 saturated carbocycles. The van der Waals surface area contributed by atoms with E-state index in [-0.39, 0.29) is 24.1 Å². The molecule has 0 spiro atoms. The zero-order chi connectivity index (χ0) is 49.5. The van der Waals surface area contributed by atoms with Gasteiger partial charge in [0.15, 0.2) is 0 Å².